The van der Waals surface area contributed by atoms with Crippen molar-refractivity contribution >= 4 is 11.6 Å². The fraction of sp³-hybridized carbons (Fsp3) is 0.294. The number of aromatic nitrogens is 1. The van der Waals surface area contributed by atoms with E-state index in [1.165, 1.54) is 18.3 Å². The fourth-order valence-electron chi connectivity index (χ4n) is 2.35. The first-order chi connectivity index (χ1) is 11.6. The molecule has 2 aromatic rings. The van der Waals surface area contributed by atoms with Gasteiger partial charge in [0.2, 0.25) is 5.88 Å². The highest BCUT2D eigenvalue weighted by Gasteiger charge is 2.17. The van der Waals surface area contributed by atoms with Crippen LogP contribution in [-0.4, -0.2) is 30.2 Å². The van der Waals surface area contributed by atoms with Gasteiger partial charge in [-0.15, -0.1) is 0 Å². The summed E-state index contributed by atoms with van der Waals surface area (Å²) in [5.41, 5.74) is -0.304. The molecule has 1 aliphatic rings. The standard InChI is InChI=1S/C17H16F2N2O3/c18-13-2-1-3-14(19)16(13)21-17(22)11-4-5-15(20-10-11)24-12-6-8-23-9-7-12/h1-5,10,12H,6-9H2,(H,21,22). The van der Waals surface area contributed by atoms with Crippen molar-refractivity contribution in [3.8, 4) is 5.88 Å². The minimum absolute atomic E-state index is 0.0402. The van der Waals surface area contributed by atoms with Gasteiger partial charge in [0, 0.05) is 25.1 Å². The maximum atomic E-state index is 13.6. The van der Waals surface area contributed by atoms with Crippen LogP contribution in [0.5, 0.6) is 5.88 Å². The molecule has 3 rings (SSSR count). The number of para-hydroxylation sites is 1. The first-order valence-corrected chi connectivity index (χ1v) is 7.59. The number of anilines is 1. The highest BCUT2D eigenvalue weighted by molar-refractivity contribution is 6.04. The zero-order valence-corrected chi connectivity index (χ0v) is 12.8. The molecule has 0 atom stereocenters. The molecule has 0 saturated carbocycles. The van der Waals surface area contributed by atoms with Crippen LogP contribution in [0.2, 0.25) is 0 Å². The van der Waals surface area contributed by atoms with Crippen LogP contribution in [-0.2, 0) is 4.74 Å². The second-order valence-electron chi connectivity index (χ2n) is 5.37. The highest BCUT2D eigenvalue weighted by Crippen LogP contribution is 2.20. The van der Waals surface area contributed by atoms with Crippen LogP contribution in [0.3, 0.4) is 0 Å². The van der Waals surface area contributed by atoms with Crippen LogP contribution in [0.25, 0.3) is 0 Å². The van der Waals surface area contributed by atoms with Crippen molar-refractivity contribution in [2.75, 3.05) is 18.5 Å². The van der Waals surface area contributed by atoms with Gasteiger partial charge in [0.25, 0.3) is 5.91 Å². The molecule has 0 bridgehead atoms. The Morgan fingerprint density at radius 2 is 1.88 bits per heavy atom. The van der Waals surface area contributed by atoms with Crippen molar-refractivity contribution < 1.29 is 23.0 Å². The quantitative estimate of drug-likeness (QED) is 0.933. The SMILES string of the molecule is O=C(Nc1c(F)cccc1F)c1ccc(OC2CCOCC2)nc1. The number of ether oxygens (including phenoxy) is 2. The lowest BCUT2D eigenvalue weighted by molar-refractivity contribution is 0.0237. The third-order valence-electron chi connectivity index (χ3n) is 3.66. The number of halogens is 2. The van der Waals surface area contributed by atoms with Crippen LogP contribution in [0.1, 0.15) is 23.2 Å². The summed E-state index contributed by atoms with van der Waals surface area (Å²) >= 11 is 0. The summed E-state index contributed by atoms with van der Waals surface area (Å²) in [6, 6.07) is 6.42. The Bertz CT molecular complexity index is 696. The van der Waals surface area contributed by atoms with Crippen LogP contribution in [0.4, 0.5) is 14.5 Å². The Kier molecular flexibility index (Phi) is 5.00. The molecule has 0 aliphatic carbocycles. The summed E-state index contributed by atoms with van der Waals surface area (Å²) in [5.74, 6) is -1.92. The summed E-state index contributed by atoms with van der Waals surface area (Å²) < 4.78 is 38.1. The van der Waals surface area contributed by atoms with E-state index in [9.17, 15) is 13.6 Å². The van der Waals surface area contributed by atoms with Crippen molar-refractivity contribution in [1.82, 2.24) is 4.98 Å². The summed E-state index contributed by atoms with van der Waals surface area (Å²) in [4.78, 5) is 16.1. The van der Waals surface area contributed by atoms with E-state index < -0.39 is 23.2 Å². The Labute approximate surface area is 137 Å². The van der Waals surface area contributed by atoms with Gasteiger partial charge in [-0.2, -0.15) is 0 Å². The number of nitrogens with one attached hydrogen (secondary N) is 1. The number of nitrogens with zero attached hydrogens (tertiary/aromatic N) is 1. The number of pyridine rings is 1. The molecule has 7 heteroatoms. The molecule has 2 heterocycles. The van der Waals surface area contributed by atoms with Crippen LogP contribution >= 0.6 is 0 Å². The molecule has 1 aromatic carbocycles. The van der Waals surface area contributed by atoms with Gasteiger partial charge in [-0.25, -0.2) is 13.8 Å². The number of amides is 1. The van der Waals surface area contributed by atoms with Gasteiger partial charge in [-0.3, -0.25) is 4.79 Å². The minimum Gasteiger partial charge on any atom is -0.474 e. The molecule has 0 spiro atoms. The molecular weight excluding hydrogens is 318 g/mol. The van der Waals surface area contributed by atoms with Crippen molar-refractivity contribution in [1.29, 1.82) is 0 Å². The maximum absolute atomic E-state index is 13.6. The number of benzene rings is 1. The van der Waals surface area contributed by atoms with Gasteiger partial charge >= 0.3 is 0 Å². The third-order valence-corrected chi connectivity index (χ3v) is 3.66. The summed E-state index contributed by atoms with van der Waals surface area (Å²) in [5, 5.41) is 2.21. The number of carbonyl (C=O) groups excluding carboxylic acids is 1. The fourth-order valence-corrected chi connectivity index (χ4v) is 2.35. The number of hydrogen-bond donors (Lipinski definition) is 1. The third kappa shape index (κ3) is 3.86. The topological polar surface area (TPSA) is 60.5 Å². The van der Waals surface area contributed by atoms with Gasteiger partial charge < -0.3 is 14.8 Å². The van der Waals surface area contributed by atoms with Gasteiger partial charge in [0.15, 0.2) is 0 Å². The average molecular weight is 334 g/mol. The van der Waals surface area contributed by atoms with Crippen molar-refractivity contribution in [3.63, 3.8) is 0 Å². The van der Waals surface area contributed by atoms with E-state index in [4.69, 9.17) is 9.47 Å². The molecule has 1 fully saturated rings. The van der Waals surface area contributed by atoms with E-state index in [0.717, 1.165) is 25.0 Å². The van der Waals surface area contributed by atoms with E-state index in [-0.39, 0.29) is 11.7 Å². The normalized spacial score (nSPS) is 15.1. The molecule has 1 amide bonds. The molecule has 1 aliphatic heterocycles. The smallest absolute Gasteiger partial charge is 0.257 e. The summed E-state index contributed by atoms with van der Waals surface area (Å²) in [6.45, 7) is 1.30. The van der Waals surface area contributed by atoms with Gasteiger partial charge in [0.05, 0.1) is 18.8 Å². The van der Waals surface area contributed by atoms with Crippen molar-refractivity contribution in [3.05, 3.63) is 53.7 Å². The van der Waals surface area contributed by atoms with E-state index >= 15 is 0 Å². The maximum Gasteiger partial charge on any atom is 0.257 e. The lowest BCUT2D eigenvalue weighted by Crippen LogP contribution is -2.26. The Morgan fingerprint density at radius 3 is 2.50 bits per heavy atom. The molecule has 1 aromatic heterocycles. The van der Waals surface area contributed by atoms with Crippen LogP contribution in [0.15, 0.2) is 36.5 Å². The minimum atomic E-state index is -0.837. The molecule has 126 valence electrons. The molecule has 24 heavy (non-hydrogen) atoms. The van der Waals surface area contributed by atoms with Crippen LogP contribution in [0, 0.1) is 11.6 Å². The lowest BCUT2D eigenvalue weighted by Gasteiger charge is -2.22. The Morgan fingerprint density at radius 1 is 1.17 bits per heavy atom. The van der Waals surface area contributed by atoms with E-state index in [2.05, 4.69) is 10.3 Å². The molecular formula is C17H16F2N2O3. The molecule has 5 nitrogen and oxygen atoms in total. The van der Waals surface area contributed by atoms with Crippen molar-refractivity contribution in [2.24, 2.45) is 0 Å². The average Bonchev–Trinajstić information content (AvgIpc) is 2.60. The summed E-state index contributed by atoms with van der Waals surface area (Å²) in [6.07, 6.45) is 2.92. The zero-order valence-electron chi connectivity index (χ0n) is 12.8. The predicted octanol–water partition coefficient (Wildman–Crippen LogP) is 3.17. The molecule has 1 saturated heterocycles. The largest absolute Gasteiger partial charge is 0.474 e. The van der Waals surface area contributed by atoms with Gasteiger partial charge in [0.1, 0.15) is 23.4 Å². The molecule has 0 radical (unpaired) electrons. The molecule has 1 N–H and O–H groups in total. The first kappa shape index (κ1) is 16.3. The van der Waals surface area contributed by atoms with Crippen molar-refractivity contribution in [2.45, 2.75) is 18.9 Å². The van der Waals surface area contributed by atoms with Gasteiger partial charge in [-0.1, -0.05) is 6.07 Å². The second kappa shape index (κ2) is 7.35. The number of carbonyl (C=O) groups is 1. The highest BCUT2D eigenvalue weighted by atomic mass is 19.1. The van der Waals surface area contributed by atoms with E-state index in [0.29, 0.717) is 19.1 Å². The van der Waals surface area contributed by atoms with E-state index in [1.54, 1.807) is 6.07 Å². The van der Waals surface area contributed by atoms with Crippen LogP contribution < -0.4 is 10.1 Å². The van der Waals surface area contributed by atoms with E-state index in [1.807, 2.05) is 0 Å². The zero-order chi connectivity index (χ0) is 16.9. The number of hydrogen-bond acceptors (Lipinski definition) is 4. The predicted molar refractivity (Wildman–Crippen MR) is 83.0 cm³/mol. The lowest BCUT2D eigenvalue weighted by atomic mass is 10.1. The summed E-state index contributed by atoms with van der Waals surface area (Å²) in [7, 11) is 0. The Balaban J connectivity index is 1.65. The monoisotopic (exact) mass is 334 g/mol. The Hall–Kier alpha value is -2.54. The first-order valence-electron chi connectivity index (χ1n) is 7.59. The second-order valence-corrected chi connectivity index (χ2v) is 5.37. The number of rotatable bonds is 4. The molecule has 0 unspecified atom stereocenters. The van der Waals surface area contributed by atoms with Gasteiger partial charge in [-0.05, 0) is 18.2 Å².